The van der Waals surface area contributed by atoms with Crippen molar-refractivity contribution in [3.05, 3.63) is 76.9 Å². The molecule has 0 saturated heterocycles. The van der Waals surface area contributed by atoms with Crippen molar-refractivity contribution < 1.29 is 4.79 Å². The van der Waals surface area contributed by atoms with Gasteiger partial charge in [-0.3, -0.25) is 15.1 Å². The number of benzene rings is 3. The molecule has 3 aromatic carbocycles. The number of imidazole rings is 1. The number of aryl methyl sites for hydroxylation is 1. The molecule has 1 aromatic heterocycles. The molecule has 0 fully saturated rings. The number of aromatic amines is 1. The van der Waals surface area contributed by atoms with Gasteiger partial charge in [0.25, 0.3) is 0 Å². The second-order valence-electron chi connectivity index (χ2n) is 8.17. The van der Waals surface area contributed by atoms with Crippen LogP contribution in [0.25, 0.3) is 33.5 Å². The summed E-state index contributed by atoms with van der Waals surface area (Å²) in [4.78, 5) is 25.4. The topological polar surface area (TPSA) is 96.2 Å². The molecule has 2 aliphatic rings. The Bertz CT molecular complexity index is 1400. The van der Waals surface area contributed by atoms with Gasteiger partial charge in [0.05, 0.1) is 17.0 Å². The van der Waals surface area contributed by atoms with Crippen molar-refractivity contribution >= 4 is 23.2 Å². The number of carbonyl (C=O) groups is 1. The molecule has 152 valence electrons. The number of aromatic nitrogens is 2. The van der Waals surface area contributed by atoms with Crippen molar-refractivity contribution in [2.75, 3.05) is 6.54 Å². The number of nitrogens with two attached hydrogens (primary N) is 1. The van der Waals surface area contributed by atoms with Crippen LogP contribution in [-0.2, 0) is 4.79 Å². The van der Waals surface area contributed by atoms with Gasteiger partial charge in [-0.25, -0.2) is 4.98 Å². The monoisotopic (exact) mass is 407 g/mol. The van der Waals surface area contributed by atoms with Crippen molar-refractivity contribution in [1.29, 1.82) is 0 Å². The standard InChI is InChI=1S/C25H21N5O/c1-13-11-18(24-27-9-10-28-24)22-19(12-13)29-25(30-22)17-8-4-7-16-20(17)14-5-2-3-6-15(14)21(16)23(26)31/h2-9,11-12,21,24,28H,10H2,1H3,(H2,26,31)(H,29,30)/t21-,24-/m0/s1. The average Bonchev–Trinajstić information content (AvgIpc) is 3.49. The molecule has 31 heavy (non-hydrogen) atoms. The van der Waals surface area contributed by atoms with Crippen LogP contribution in [0, 0.1) is 6.92 Å². The predicted molar refractivity (Wildman–Crippen MR) is 122 cm³/mol. The molecule has 0 spiro atoms. The van der Waals surface area contributed by atoms with Crippen LogP contribution in [0.3, 0.4) is 0 Å². The second kappa shape index (κ2) is 6.62. The van der Waals surface area contributed by atoms with E-state index in [4.69, 9.17) is 10.7 Å². The number of hydrogen-bond acceptors (Lipinski definition) is 4. The van der Waals surface area contributed by atoms with Gasteiger partial charge in [-0.1, -0.05) is 48.5 Å². The molecule has 1 amide bonds. The third-order valence-corrected chi connectivity index (χ3v) is 6.20. The lowest BCUT2D eigenvalue weighted by Crippen LogP contribution is -2.20. The fraction of sp³-hybridized carbons (Fsp3) is 0.160. The van der Waals surface area contributed by atoms with Gasteiger partial charge in [0.15, 0.2) is 0 Å². The number of carbonyl (C=O) groups excluding carboxylic acids is 1. The van der Waals surface area contributed by atoms with Gasteiger partial charge >= 0.3 is 0 Å². The number of nitrogens with one attached hydrogen (secondary N) is 2. The van der Waals surface area contributed by atoms with Gasteiger partial charge in [-0.15, -0.1) is 0 Å². The summed E-state index contributed by atoms with van der Waals surface area (Å²) < 4.78 is 0. The zero-order valence-electron chi connectivity index (χ0n) is 17.0. The van der Waals surface area contributed by atoms with Crippen molar-refractivity contribution in [1.82, 2.24) is 15.3 Å². The molecule has 0 saturated carbocycles. The molecule has 6 nitrogen and oxygen atoms in total. The van der Waals surface area contributed by atoms with Gasteiger partial charge in [-0.05, 0) is 40.8 Å². The first kappa shape index (κ1) is 18.0. The Labute approximate surface area is 179 Å². The number of hydrogen-bond donors (Lipinski definition) is 3. The highest BCUT2D eigenvalue weighted by Crippen LogP contribution is 2.48. The lowest BCUT2D eigenvalue weighted by atomic mass is 9.95. The summed E-state index contributed by atoms with van der Waals surface area (Å²) in [6.07, 6.45) is 1.82. The first-order valence-corrected chi connectivity index (χ1v) is 10.4. The van der Waals surface area contributed by atoms with E-state index in [9.17, 15) is 4.79 Å². The summed E-state index contributed by atoms with van der Waals surface area (Å²) >= 11 is 0. The van der Waals surface area contributed by atoms with Crippen molar-refractivity contribution in [2.45, 2.75) is 19.0 Å². The summed E-state index contributed by atoms with van der Waals surface area (Å²) in [7, 11) is 0. The van der Waals surface area contributed by atoms with E-state index in [0.29, 0.717) is 0 Å². The van der Waals surface area contributed by atoms with Crippen LogP contribution < -0.4 is 11.1 Å². The van der Waals surface area contributed by atoms with Crippen molar-refractivity contribution in [3.8, 4) is 22.5 Å². The molecule has 0 unspecified atom stereocenters. The number of primary amides is 1. The van der Waals surface area contributed by atoms with Crippen LogP contribution in [-0.4, -0.2) is 28.6 Å². The van der Waals surface area contributed by atoms with E-state index in [1.54, 1.807) is 0 Å². The van der Waals surface area contributed by atoms with E-state index in [-0.39, 0.29) is 12.1 Å². The second-order valence-corrected chi connectivity index (χ2v) is 8.17. The SMILES string of the molecule is Cc1cc([C@H]2N=CCN2)c2nc(-c3cccc4c3-c3ccccc3[C@@H]4C(N)=O)[nH]c2c1. The minimum atomic E-state index is -0.439. The molecule has 2 atom stereocenters. The molecule has 6 rings (SSSR count). The molecule has 4 aromatic rings. The van der Waals surface area contributed by atoms with Gasteiger partial charge in [0.1, 0.15) is 12.0 Å². The summed E-state index contributed by atoms with van der Waals surface area (Å²) in [5.74, 6) is 0.00185. The van der Waals surface area contributed by atoms with Gasteiger partial charge in [0.2, 0.25) is 5.91 Å². The zero-order chi connectivity index (χ0) is 21.1. The molecule has 1 aliphatic heterocycles. The number of H-pyrrole nitrogens is 1. The van der Waals surface area contributed by atoms with Crippen LogP contribution in [0.4, 0.5) is 0 Å². The Hall–Kier alpha value is -3.77. The minimum absolute atomic E-state index is 0.0833. The van der Waals surface area contributed by atoms with E-state index in [1.807, 2.05) is 36.5 Å². The van der Waals surface area contributed by atoms with Gasteiger partial charge in [-0.2, -0.15) is 0 Å². The molecule has 1 aliphatic carbocycles. The predicted octanol–water partition coefficient (Wildman–Crippen LogP) is 3.81. The van der Waals surface area contributed by atoms with Gasteiger partial charge < -0.3 is 10.7 Å². The van der Waals surface area contributed by atoms with Crippen molar-refractivity contribution in [2.24, 2.45) is 10.7 Å². The highest BCUT2D eigenvalue weighted by molar-refractivity contribution is 6.00. The Balaban J connectivity index is 1.59. The van der Waals surface area contributed by atoms with Crippen LogP contribution in [0.1, 0.15) is 34.3 Å². The smallest absolute Gasteiger partial charge is 0.229 e. The van der Waals surface area contributed by atoms with Crippen LogP contribution in [0.5, 0.6) is 0 Å². The molecular formula is C25H21N5O. The number of aliphatic imine (C=N–C) groups is 1. The normalized spacial score (nSPS) is 19.0. The molecule has 0 radical (unpaired) electrons. The van der Waals surface area contributed by atoms with E-state index in [1.165, 1.54) is 0 Å². The highest BCUT2D eigenvalue weighted by Gasteiger charge is 2.34. The lowest BCUT2D eigenvalue weighted by Gasteiger charge is -2.10. The zero-order valence-corrected chi connectivity index (χ0v) is 17.0. The third kappa shape index (κ3) is 2.65. The minimum Gasteiger partial charge on any atom is -0.369 e. The Kier molecular flexibility index (Phi) is 3.85. The molecule has 0 bridgehead atoms. The first-order valence-electron chi connectivity index (χ1n) is 10.4. The maximum absolute atomic E-state index is 12.3. The summed E-state index contributed by atoms with van der Waals surface area (Å²) in [5, 5.41) is 3.39. The van der Waals surface area contributed by atoms with Crippen LogP contribution >= 0.6 is 0 Å². The van der Waals surface area contributed by atoms with Crippen LogP contribution in [0.2, 0.25) is 0 Å². The van der Waals surface area contributed by atoms with Gasteiger partial charge in [0, 0.05) is 23.9 Å². The van der Waals surface area contributed by atoms with E-state index in [0.717, 1.165) is 62.3 Å². The lowest BCUT2D eigenvalue weighted by molar-refractivity contribution is -0.118. The quantitative estimate of drug-likeness (QED) is 0.482. The first-order chi connectivity index (χ1) is 15.1. The number of fused-ring (bicyclic) bond motifs is 4. The average molecular weight is 407 g/mol. The third-order valence-electron chi connectivity index (χ3n) is 6.20. The fourth-order valence-electron chi connectivity index (χ4n) is 4.95. The van der Waals surface area contributed by atoms with E-state index < -0.39 is 5.92 Å². The number of amides is 1. The summed E-state index contributed by atoms with van der Waals surface area (Å²) in [5.41, 5.74) is 14.8. The Morgan fingerprint density at radius 2 is 1.84 bits per heavy atom. The van der Waals surface area contributed by atoms with E-state index >= 15 is 0 Å². The number of rotatable bonds is 3. The Morgan fingerprint density at radius 1 is 1.03 bits per heavy atom. The molecular weight excluding hydrogens is 386 g/mol. The molecule has 2 heterocycles. The fourth-order valence-corrected chi connectivity index (χ4v) is 4.95. The Morgan fingerprint density at radius 3 is 2.65 bits per heavy atom. The highest BCUT2D eigenvalue weighted by atomic mass is 16.1. The molecule has 6 heteroatoms. The van der Waals surface area contributed by atoms with Crippen molar-refractivity contribution in [3.63, 3.8) is 0 Å². The molecule has 4 N–H and O–H groups in total. The van der Waals surface area contributed by atoms with E-state index in [2.05, 4.69) is 46.5 Å². The summed E-state index contributed by atoms with van der Waals surface area (Å²) in [6.45, 7) is 2.84. The number of nitrogens with zero attached hydrogens (tertiary/aromatic N) is 2. The van der Waals surface area contributed by atoms with Crippen LogP contribution in [0.15, 0.2) is 59.6 Å². The summed E-state index contributed by atoms with van der Waals surface area (Å²) in [6, 6.07) is 18.2. The maximum Gasteiger partial charge on any atom is 0.229 e. The largest absolute Gasteiger partial charge is 0.369 e. The maximum atomic E-state index is 12.3.